The van der Waals surface area contributed by atoms with Gasteiger partial charge in [0.25, 0.3) is 0 Å². The Kier molecular flexibility index (Phi) is 6.06. The van der Waals surface area contributed by atoms with Crippen molar-refractivity contribution in [3.8, 4) is 0 Å². The molecule has 2 rings (SSSR count). The lowest BCUT2D eigenvalue weighted by Gasteiger charge is -2.17. The number of rotatable bonds is 6. The van der Waals surface area contributed by atoms with Gasteiger partial charge >= 0.3 is 5.97 Å². The van der Waals surface area contributed by atoms with E-state index in [1.54, 1.807) is 36.5 Å². The summed E-state index contributed by atoms with van der Waals surface area (Å²) in [5, 5.41) is 6.08. The lowest BCUT2D eigenvalue weighted by molar-refractivity contribution is -0.145. The van der Waals surface area contributed by atoms with Gasteiger partial charge in [0.05, 0.1) is 16.7 Å². The predicted molar refractivity (Wildman–Crippen MR) is 87.0 cm³/mol. The van der Waals surface area contributed by atoms with E-state index in [9.17, 15) is 4.79 Å². The normalized spacial score (nSPS) is 12.1. The van der Waals surface area contributed by atoms with Crippen molar-refractivity contribution in [1.29, 1.82) is 0 Å². The zero-order valence-corrected chi connectivity index (χ0v) is 13.8. The third-order valence-electron chi connectivity index (χ3n) is 2.86. The summed E-state index contributed by atoms with van der Waals surface area (Å²) in [7, 11) is 0. The van der Waals surface area contributed by atoms with Crippen LogP contribution in [0, 0.1) is 0 Å². The summed E-state index contributed by atoms with van der Waals surface area (Å²) in [6.07, 6.45) is 0. The Bertz CT molecular complexity index is 602. The van der Waals surface area contributed by atoms with E-state index >= 15 is 0 Å². The summed E-state index contributed by atoms with van der Waals surface area (Å²) in [5.74, 6) is -0.326. The lowest BCUT2D eigenvalue weighted by Crippen LogP contribution is -2.29. The molecule has 1 aromatic heterocycles. The van der Waals surface area contributed by atoms with Crippen molar-refractivity contribution in [1.82, 2.24) is 5.32 Å². The average molecular weight is 344 g/mol. The van der Waals surface area contributed by atoms with Crippen molar-refractivity contribution >= 4 is 40.5 Å². The van der Waals surface area contributed by atoms with Gasteiger partial charge in [-0.15, -0.1) is 11.3 Å². The molecule has 0 spiro atoms. The molecule has 1 atom stereocenters. The van der Waals surface area contributed by atoms with Gasteiger partial charge in [-0.05, 0) is 36.1 Å². The van der Waals surface area contributed by atoms with Crippen molar-refractivity contribution in [2.75, 3.05) is 6.61 Å². The van der Waals surface area contributed by atoms with E-state index in [0.717, 1.165) is 10.4 Å². The molecule has 0 radical (unpaired) electrons. The third kappa shape index (κ3) is 4.45. The number of carbonyl (C=O) groups excluding carboxylic acids is 1. The highest BCUT2D eigenvalue weighted by molar-refractivity contribution is 7.09. The maximum Gasteiger partial charge on any atom is 0.327 e. The maximum atomic E-state index is 12.1. The van der Waals surface area contributed by atoms with Gasteiger partial charge in [0.2, 0.25) is 0 Å². The lowest BCUT2D eigenvalue weighted by atomic mass is 10.1. The molecule has 1 aromatic carbocycles. The minimum atomic E-state index is -0.568. The van der Waals surface area contributed by atoms with E-state index < -0.39 is 6.04 Å². The van der Waals surface area contributed by atoms with Crippen molar-refractivity contribution < 1.29 is 9.53 Å². The van der Waals surface area contributed by atoms with Gasteiger partial charge in [-0.3, -0.25) is 5.32 Å². The number of esters is 1. The molecule has 3 nitrogen and oxygen atoms in total. The van der Waals surface area contributed by atoms with Crippen molar-refractivity contribution in [2.24, 2.45) is 0 Å². The Balaban J connectivity index is 2.18. The first-order valence-corrected chi connectivity index (χ1v) is 8.12. The second kappa shape index (κ2) is 7.80. The fourth-order valence-corrected chi connectivity index (χ4v) is 2.83. The van der Waals surface area contributed by atoms with Crippen LogP contribution in [-0.2, 0) is 16.1 Å². The van der Waals surface area contributed by atoms with Crippen molar-refractivity contribution in [3.63, 3.8) is 0 Å². The highest BCUT2D eigenvalue weighted by Crippen LogP contribution is 2.26. The summed E-state index contributed by atoms with van der Waals surface area (Å²) in [5.41, 5.74) is 0.736. The SMILES string of the molecule is CCOC(=O)C(NCc1cccs1)c1ccc(Cl)c(Cl)c1. The van der Waals surface area contributed by atoms with Crippen LogP contribution in [-0.4, -0.2) is 12.6 Å². The molecule has 1 N–H and O–H groups in total. The first-order chi connectivity index (χ1) is 10.1. The zero-order valence-electron chi connectivity index (χ0n) is 11.4. The van der Waals surface area contributed by atoms with Crippen LogP contribution >= 0.6 is 34.5 Å². The number of thiophene rings is 1. The minimum absolute atomic E-state index is 0.326. The van der Waals surface area contributed by atoms with Crippen LogP contribution in [0.2, 0.25) is 10.0 Å². The molecule has 2 aromatic rings. The highest BCUT2D eigenvalue weighted by atomic mass is 35.5. The smallest absolute Gasteiger partial charge is 0.327 e. The highest BCUT2D eigenvalue weighted by Gasteiger charge is 2.22. The Labute approximate surface area is 137 Å². The third-order valence-corrected chi connectivity index (χ3v) is 4.48. The first kappa shape index (κ1) is 16.3. The van der Waals surface area contributed by atoms with E-state index in [1.165, 1.54) is 0 Å². The van der Waals surface area contributed by atoms with Gasteiger partial charge in [0.1, 0.15) is 6.04 Å². The Hall–Kier alpha value is -1.07. The number of halogens is 2. The van der Waals surface area contributed by atoms with E-state index in [0.29, 0.717) is 23.2 Å². The van der Waals surface area contributed by atoms with E-state index in [1.807, 2.05) is 17.5 Å². The fraction of sp³-hybridized carbons (Fsp3) is 0.267. The number of benzene rings is 1. The molecule has 1 unspecified atom stereocenters. The predicted octanol–water partition coefficient (Wildman–Crippen LogP) is 4.45. The number of carbonyl (C=O) groups is 1. The van der Waals surface area contributed by atoms with Gasteiger partial charge in [-0.25, -0.2) is 4.79 Å². The maximum absolute atomic E-state index is 12.1. The van der Waals surface area contributed by atoms with Crippen LogP contribution in [0.15, 0.2) is 35.7 Å². The molecule has 0 aliphatic rings. The molecule has 0 fully saturated rings. The molecule has 0 saturated carbocycles. The average Bonchev–Trinajstić information content (AvgIpc) is 2.96. The summed E-state index contributed by atoms with van der Waals surface area (Å²) >= 11 is 13.6. The fourth-order valence-electron chi connectivity index (χ4n) is 1.87. The molecular formula is C15H15Cl2NO2S. The molecule has 1 heterocycles. The Morgan fingerprint density at radius 1 is 1.33 bits per heavy atom. The summed E-state index contributed by atoms with van der Waals surface area (Å²) in [4.78, 5) is 13.3. The van der Waals surface area contributed by atoms with Crippen LogP contribution in [0.25, 0.3) is 0 Å². The molecule has 0 saturated heterocycles. The molecule has 0 aliphatic heterocycles. The minimum Gasteiger partial charge on any atom is -0.465 e. The van der Waals surface area contributed by atoms with Crippen molar-refractivity contribution in [2.45, 2.75) is 19.5 Å². The van der Waals surface area contributed by atoms with Gasteiger partial charge in [0.15, 0.2) is 0 Å². The zero-order chi connectivity index (χ0) is 15.2. The molecule has 21 heavy (non-hydrogen) atoms. The van der Waals surface area contributed by atoms with Gasteiger partial charge in [-0.1, -0.05) is 35.3 Å². The molecule has 0 amide bonds. The number of nitrogens with one attached hydrogen (secondary N) is 1. The molecule has 112 valence electrons. The summed E-state index contributed by atoms with van der Waals surface area (Å²) in [6, 6.07) is 8.55. The summed E-state index contributed by atoms with van der Waals surface area (Å²) in [6.45, 7) is 2.70. The Morgan fingerprint density at radius 3 is 2.76 bits per heavy atom. The van der Waals surface area contributed by atoms with Gasteiger partial charge in [-0.2, -0.15) is 0 Å². The number of ether oxygens (including phenoxy) is 1. The van der Waals surface area contributed by atoms with E-state index in [4.69, 9.17) is 27.9 Å². The van der Waals surface area contributed by atoms with Crippen LogP contribution in [0.1, 0.15) is 23.4 Å². The van der Waals surface area contributed by atoms with Crippen molar-refractivity contribution in [3.05, 3.63) is 56.2 Å². The van der Waals surface area contributed by atoms with Crippen LogP contribution in [0.4, 0.5) is 0 Å². The molecule has 6 heteroatoms. The van der Waals surface area contributed by atoms with Gasteiger partial charge < -0.3 is 4.74 Å². The number of hydrogen-bond donors (Lipinski definition) is 1. The van der Waals surface area contributed by atoms with Gasteiger partial charge in [0, 0.05) is 11.4 Å². The second-order valence-corrected chi connectivity index (χ2v) is 6.17. The number of hydrogen-bond acceptors (Lipinski definition) is 4. The molecular weight excluding hydrogens is 329 g/mol. The van der Waals surface area contributed by atoms with Crippen LogP contribution in [0.3, 0.4) is 0 Å². The Morgan fingerprint density at radius 2 is 2.14 bits per heavy atom. The standard InChI is InChI=1S/C15H15Cl2NO2S/c1-2-20-15(19)14(18-9-11-4-3-7-21-11)10-5-6-12(16)13(17)8-10/h3-8,14,18H,2,9H2,1H3. The summed E-state index contributed by atoms with van der Waals surface area (Å²) < 4.78 is 5.12. The topological polar surface area (TPSA) is 38.3 Å². The van der Waals surface area contributed by atoms with Crippen LogP contribution in [0.5, 0.6) is 0 Å². The van der Waals surface area contributed by atoms with Crippen LogP contribution < -0.4 is 5.32 Å². The monoisotopic (exact) mass is 343 g/mol. The largest absolute Gasteiger partial charge is 0.465 e. The molecule has 0 bridgehead atoms. The molecule has 0 aliphatic carbocycles. The quantitative estimate of drug-likeness (QED) is 0.787. The van der Waals surface area contributed by atoms with E-state index in [2.05, 4.69) is 5.32 Å². The second-order valence-electron chi connectivity index (χ2n) is 4.32. The first-order valence-electron chi connectivity index (χ1n) is 6.49. The van der Waals surface area contributed by atoms with E-state index in [-0.39, 0.29) is 5.97 Å².